The van der Waals surface area contributed by atoms with E-state index in [1.807, 2.05) is 20.8 Å². The fraction of sp³-hybridized carbons (Fsp3) is 0.571. The molecule has 1 aromatic carbocycles. The van der Waals surface area contributed by atoms with Gasteiger partial charge in [-0.2, -0.15) is 0 Å². The van der Waals surface area contributed by atoms with E-state index in [1.54, 1.807) is 13.0 Å². The molecule has 20 heavy (non-hydrogen) atoms. The lowest BCUT2D eigenvalue weighted by Gasteiger charge is -2.23. The number of nitrogens with one attached hydrogen (secondary N) is 1. The number of β-amino-alcohol motifs (C(OH)–C–C–N with tert-alkyl or cyclic N) is 1. The van der Waals surface area contributed by atoms with Gasteiger partial charge < -0.3 is 15.2 Å². The summed E-state index contributed by atoms with van der Waals surface area (Å²) in [4.78, 5) is 10.3. The highest BCUT2D eigenvalue weighted by Gasteiger charge is 2.14. The summed E-state index contributed by atoms with van der Waals surface area (Å²) in [5.41, 5.74) is 0.535. The van der Waals surface area contributed by atoms with Gasteiger partial charge in [0, 0.05) is 23.7 Å². The summed E-state index contributed by atoms with van der Waals surface area (Å²) in [6.45, 7) is 8.26. The number of nitro benzene ring substituents is 1. The molecule has 0 saturated carbocycles. The normalized spacial score (nSPS) is 13.1. The van der Waals surface area contributed by atoms with Crippen molar-refractivity contribution in [3.05, 3.63) is 33.9 Å². The highest BCUT2D eigenvalue weighted by Crippen LogP contribution is 2.23. The van der Waals surface area contributed by atoms with Gasteiger partial charge in [-0.15, -0.1) is 0 Å². The van der Waals surface area contributed by atoms with Crippen LogP contribution >= 0.6 is 0 Å². The lowest BCUT2D eigenvalue weighted by Crippen LogP contribution is -2.42. The van der Waals surface area contributed by atoms with Crippen LogP contribution in [0, 0.1) is 17.0 Å². The maximum absolute atomic E-state index is 10.7. The number of aliphatic hydroxyl groups excluding tert-OH is 1. The van der Waals surface area contributed by atoms with E-state index in [-0.39, 0.29) is 17.8 Å². The first-order valence-corrected chi connectivity index (χ1v) is 6.50. The van der Waals surface area contributed by atoms with Crippen LogP contribution in [0.1, 0.15) is 26.3 Å². The number of benzene rings is 1. The second-order valence-corrected chi connectivity index (χ2v) is 5.80. The molecule has 1 rings (SSSR count). The fourth-order valence-electron chi connectivity index (χ4n) is 1.60. The van der Waals surface area contributed by atoms with E-state index in [9.17, 15) is 15.2 Å². The highest BCUT2D eigenvalue weighted by molar-refractivity contribution is 5.44. The number of nitro groups is 1. The first kappa shape index (κ1) is 16.4. The van der Waals surface area contributed by atoms with Gasteiger partial charge in [0.05, 0.1) is 4.92 Å². The number of ether oxygens (including phenoxy) is 1. The van der Waals surface area contributed by atoms with E-state index in [0.29, 0.717) is 17.9 Å². The number of aryl methyl sites for hydroxylation is 1. The zero-order valence-electron chi connectivity index (χ0n) is 12.3. The van der Waals surface area contributed by atoms with Gasteiger partial charge in [0.25, 0.3) is 5.69 Å². The van der Waals surface area contributed by atoms with E-state index >= 15 is 0 Å². The van der Waals surface area contributed by atoms with Gasteiger partial charge in [0.2, 0.25) is 0 Å². The topological polar surface area (TPSA) is 84.6 Å². The maximum atomic E-state index is 10.7. The Morgan fingerprint density at radius 2 is 2.10 bits per heavy atom. The summed E-state index contributed by atoms with van der Waals surface area (Å²) in [5.74, 6) is 0.517. The summed E-state index contributed by atoms with van der Waals surface area (Å²) in [5, 5.41) is 23.7. The van der Waals surface area contributed by atoms with Gasteiger partial charge in [0.15, 0.2) is 0 Å². The number of hydrogen-bond acceptors (Lipinski definition) is 5. The van der Waals surface area contributed by atoms with Gasteiger partial charge >= 0.3 is 0 Å². The Bertz CT molecular complexity index is 469. The van der Waals surface area contributed by atoms with Crippen molar-refractivity contribution in [2.45, 2.75) is 39.3 Å². The molecular formula is C14H22N2O4. The zero-order valence-corrected chi connectivity index (χ0v) is 12.3. The predicted molar refractivity (Wildman–Crippen MR) is 77.1 cm³/mol. The van der Waals surface area contributed by atoms with Crippen LogP contribution in [0.5, 0.6) is 5.75 Å². The molecule has 0 aliphatic carbocycles. The standard InChI is InChI=1S/C14H22N2O4/c1-10-7-12(5-6-13(10)16(18)19)20-9-11(17)8-15-14(2,3)4/h5-7,11,15,17H,8-9H2,1-4H3. The van der Waals surface area contributed by atoms with Crippen LogP contribution in [0.4, 0.5) is 5.69 Å². The SMILES string of the molecule is Cc1cc(OCC(O)CNC(C)(C)C)ccc1[N+](=O)[O-]. The number of hydrogen-bond donors (Lipinski definition) is 2. The van der Waals surface area contributed by atoms with E-state index in [0.717, 1.165) is 0 Å². The molecule has 0 aliphatic rings. The summed E-state index contributed by atoms with van der Waals surface area (Å²) in [6.07, 6.45) is -0.635. The predicted octanol–water partition coefficient (Wildman–Crippen LogP) is 2.03. The Morgan fingerprint density at radius 3 is 2.60 bits per heavy atom. The number of rotatable bonds is 6. The second kappa shape index (κ2) is 6.67. The first-order valence-electron chi connectivity index (χ1n) is 6.50. The molecule has 0 radical (unpaired) electrons. The Kier molecular flexibility index (Phi) is 5.47. The van der Waals surface area contributed by atoms with Crippen molar-refractivity contribution in [2.75, 3.05) is 13.2 Å². The molecule has 1 aromatic rings. The summed E-state index contributed by atoms with van der Waals surface area (Å²) in [6, 6.07) is 4.54. The lowest BCUT2D eigenvalue weighted by molar-refractivity contribution is -0.385. The van der Waals surface area contributed by atoms with Crippen LogP contribution in [-0.2, 0) is 0 Å². The monoisotopic (exact) mass is 282 g/mol. The molecule has 0 aliphatic heterocycles. The quantitative estimate of drug-likeness (QED) is 0.616. The molecule has 1 unspecified atom stereocenters. The number of nitrogens with zero attached hydrogens (tertiary/aromatic N) is 1. The molecule has 6 nitrogen and oxygen atoms in total. The molecule has 6 heteroatoms. The Morgan fingerprint density at radius 1 is 1.45 bits per heavy atom. The van der Waals surface area contributed by atoms with Crippen molar-refractivity contribution in [3.8, 4) is 5.75 Å². The van der Waals surface area contributed by atoms with E-state index in [4.69, 9.17) is 4.74 Å². The van der Waals surface area contributed by atoms with Crippen LogP contribution < -0.4 is 10.1 Å². The molecule has 0 bridgehead atoms. The van der Waals surface area contributed by atoms with Crippen molar-refractivity contribution in [1.82, 2.24) is 5.32 Å². The minimum Gasteiger partial charge on any atom is -0.491 e. The van der Waals surface area contributed by atoms with Crippen LogP contribution in [0.2, 0.25) is 0 Å². The summed E-state index contributed by atoms with van der Waals surface area (Å²) >= 11 is 0. The van der Waals surface area contributed by atoms with Crippen molar-refractivity contribution in [1.29, 1.82) is 0 Å². The largest absolute Gasteiger partial charge is 0.491 e. The van der Waals surface area contributed by atoms with Gasteiger partial charge in [0.1, 0.15) is 18.5 Å². The molecule has 112 valence electrons. The maximum Gasteiger partial charge on any atom is 0.272 e. The van der Waals surface area contributed by atoms with Crippen molar-refractivity contribution in [3.63, 3.8) is 0 Å². The molecule has 1 atom stereocenters. The van der Waals surface area contributed by atoms with E-state index in [2.05, 4.69) is 5.32 Å². The molecule has 0 aromatic heterocycles. The minimum atomic E-state index is -0.635. The van der Waals surface area contributed by atoms with Gasteiger partial charge in [-0.05, 0) is 39.8 Å². The smallest absolute Gasteiger partial charge is 0.272 e. The van der Waals surface area contributed by atoms with Crippen LogP contribution in [0.3, 0.4) is 0 Å². The minimum absolute atomic E-state index is 0.0623. The molecule has 2 N–H and O–H groups in total. The van der Waals surface area contributed by atoms with Gasteiger partial charge in [-0.1, -0.05) is 0 Å². The van der Waals surface area contributed by atoms with Crippen molar-refractivity contribution in [2.24, 2.45) is 0 Å². The summed E-state index contributed by atoms with van der Waals surface area (Å²) < 4.78 is 5.44. The first-order chi connectivity index (χ1) is 9.19. The Hall–Kier alpha value is -1.66. The second-order valence-electron chi connectivity index (χ2n) is 5.80. The average Bonchev–Trinajstić information content (AvgIpc) is 2.32. The lowest BCUT2D eigenvalue weighted by atomic mass is 10.1. The van der Waals surface area contributed by atoms with E-state index in [1.165, 1.54) is 12.1 Å². The zero-order chi connectivity index (χ0) is 15.3. The molecule has 0 fully saturated rings. The van der Waals surface area contributed by atoms with Crippen molar-refractivity contribution >= 4 is 5.69 Å². The van der Waals surface area contributed by atoms with Gasteiger partial charge in [-0.3, -0.25) is 10.1 Å². The third-order valence-electron chi connectivity index (χ3n) is 2.68. The third kappa shape index (κ3) is 5.54. The molecule has 0 saturated heterocycles. The van der Waals surface area contributed by atoms with Crippen LogP contribution in [0.25, 0.3) is 0 Å². The molecule has 0 amide bonds. The van der Waals surface area contributed by atoms with E-state index < -0.39 is 11.0 Å². The van der Waals surface area contributed by atoms with Crippen LogP contribution in [-0.4, -0.2) is 34.8 Å². The highest BCUT2D eigenvalue weighted by atomic mass is 16.6. The molecule has 0 heterocycles. The number of aliphatic hydroxyl groups is 1. The van der Waals surface area contributed by atoms with Crippen molar-refractivity contribution < 1.29 is 14.8 Å². The van der Waals surface area contributed by atoms with Crippen LogP contribution in [0.15, 0.2) is 18.2 Å². The summed E-state index contributed by atoms with van der Waals surface area (Å²) in [7, 11) is 0. The third-order valence-corrected chi connectivity index (χ3v) is 2.68. The Balaban J connectivity index is 2.50. The average molecular weight is 282 g/mol. The molecule has 0 spiro atoms. The fourth-order valence-corrected chi connectivity index (χ4v) is 1.60. The molecular weight excluding hydrogens is 260 g/mol. The Labute approximate surface area is 118 Å². The van der Waals surface area contributed by atoms with Gasteiger partial charge in [-0.25, -0.2) is 0 Å².